The second-order valence-corrected chi connectivity index (χ2v) is 4.22. The molecule has 4 heteroatoms. The predicted molar refractivity (Wildman–Crippen MR) is 70.8 cm³/mol. The Morgan fingerprint density at radius 2 is 2.28 bits per heavy atom. The summed E-state index contributed by atoms with van der Waals surface area (Å²) in [6.45, 7) is 2.13. The van der Waals surface area contributed by atoms with Crippen LogP contribution in [0.1, 0.15) is 34.8 Å². The largest absolute Gasteiger partial charge is 0.462 e. The number of carbonyl (C=O) groups excluding carboxylic acids is 1. The summed E-state index contributed by atoms with van der Waals surface area (Å²) in [6.07, 6.45) is 1.86. The highest BCUT2D eigenvalue weighted by molar-refractivity contribution is 6.17. The van der Waals surface area contributed by atoms with Crippen LogP contribution in [0, 0.1) is 11.3 Å². The van der Waals surface area contributed by atoms with Crippen LogP contribution in [0.4, 0.5) is 0 Å². The summed E-state index contributed by atoms with van der Waals surface area (Å²) in [4.78, 5) is 11.8. The van der Waals surface area contributed by atoms with Crippen molar-refractivity contribution >= 4 is 17.6 Å². The van der Waals surface area contributed by atoms with Crippen LogP contribution in [-0.2, 0) is 17.6 Å². The number of halogens is 1. The Morgan fingerprint density at radius 3 is 2.89 bits per heavy atom. The van der Waals surface area contributed by atoms with Crippen LogP contribution in [0.2, 0.25) is 0 Å². The Balaban J connectivity index is 3.00. The van der Waals surface area contributed by atoms with E-state index in [1.165, 1.54) is 0 Å². The quantitative estimate of drug-likeness (QED) is 0.587. The fourth-order valence-corrected chi connectivity index (χ4v) is 1.85. The van der Waals surface area contributed by atoms with E-state index in [1.807, 2.05) is 6.07 Å². The standard InChI is InChI=1S/C14H16ClNO2/c1-2-18-14(17)13-6-5-11(7-9-16)10-12(13)4-3-8-15/h5-6,10H,2-4,7-8H2,1H3. The number of rotatable bonds is 6. The molecule has 1 aromatic carbocycles. The molecule has 1 rings (SSSR count). The van der Waals surface area contributed by atoms with Crippen molar-refractivity contribution in [2.45, 2.75) is 26.2 Å². The number of carbonyl (C=O) groups is 1. The zero-order chi connectivity index (χ0) is 13.4. The maximum Gasteiger partial charge on any atom is 0.338 e. The van der Waals surface area contributed by atoms with E-state index >= 15 is 0 Å². The minimum absolute atomic E-state index is 0.314. The monoisotopic (exact) mass is 265 g/mol. The zero-order valence-electron chi connectivity index (χ0n) is 10.4. The molecule has 0 heterocycles. The lowest BCUT2D eigenvalue weighted by molar-refractivity contribution is 0.0525. The first-order chi connectivity index (χ1) is 8.72. The van der Waals surface area contributed by atoms with Gasteiger partial charge in [0.25, 0.3) is 0 Å². The number of benzene rings is 1. The highest BCUT2D eigenvalue weighted by atomic mass is 35.5. The first-order valence-electron chi connectivity index (χ1n) is 5.94. The lowest BCUT2D eigenvalue weighted by Crippen LogP contribution is -2.09. The first-order valence-corrected chi connectivity index (χ1v) is 6.48. The summed E-state index contributed by atoms with van der Waals surface area (Å²) in [5.41, 5.74) is 2.39. The number of ether oxygens (including phenoxy) is 1. The SMILES string of the molecule is CCOC(=O)c1ccc(CC#N)cc1CCCCl. The van der Waals surface area contributed by atoms with Crippen molar-refractivity contribution in [3.05, 3.63) is 34.9 Å². The van der Waals surface area contributed by atoms with Crippen LogP contribution in [0.3, 0.4) is 0 Å². The molecule has 0 N–H and O–H groups in total. The summed E-state index contributed by atoms with van der Waals surface area (Å²) in [7, 11) is 0. The van der Waals surface area contributed by atoms with Crippen LogP contribution in [0.5, 0.6) is 0 Å². The Bertz CT molecular complexity index is 452. The van der Waals surface area contributed by atoms with Crippen molar-refractivity contribution in [3.8, 4) is 6.07 Å². The molecule has 0 unspecified atom stereocenters. The molecule has 0 spiro atoms. The van der Waals surface area contributed by atoms with Crippen LogP contribution in [0.15, 0.2) is 18.2 Å². The third-order valence-corrected chi connectivity index (χ3v) is 2.80. The number of esters is 1. The number of aryl methyl sites for hydroxylation is 1. The smallest absolute Gasteiger partial charge is 0.338 e. The molecule has 1 aromatic rings. The number of nitrogens with zero attached hydrogens (tertiary/aromatic N) is 1. The van der Waals surface area contributed by atoms with Gasteiger partial charge in [-0.05, 0) is 37.0 Å². The van der Waals surface area contributed by atoms with Crippen molar-refractivity contribution in [3.63, 3.8) is 0 Å². The van der Waals surface area contributed by atoms with E-state index in [0.717, 1.165) is 24.0 Å². The fraction of sp³-hybridized carbons (Fsp3) is 0.429. The topological polar surface area (TPSA) is 50.1 Å². The molecule has 0 atom stereocenters. The van der Waals surface area contributed by atoms with Gasteiger partial charge in [0.1, 0.15) is 0 Å². The molecule has 0 saturated heterocycles. The fourth-order valence-electron chi connectivity index (χ4n) is 1.72. The van der Waals surface area contributed by atoms with E-state index < -0.39 is 0 Å². The molecule has 0 saturated carbocycles. The Labute approximate surface area is 112 Å². The second kappa shape index (κ2) is 7.73. The lowest BCUT2D eigenvalue weighted by atomic mass is 9.99. The minimum Gasteiger partial charge on any atom is -0.462 e. The molecule has 0 bridgehead atoms. The average molecular weight is 266 g/mol. The van der Waals surface area contributed by atoms with E-state index in [4.69, 9.17) is 21.6 Å². The summed E-state index contributed by atoms with van der Waals surface area (Å²) in [5.74, 6) is 0.232. The van der Waals surface area contributed by atoms with E-state index in [1.54, 1.807) is 19.1 Å². The number of hydrogen-bond acceptors (Lipinski definition) is 3. The van der Waals surface area contributed by atoms with Crippen molar-refractivity contribution in [1.82, 2.24) is 0 Å². The number of hydrogen-bond donors (Lipinski definition) is 0. The molecule has 0 aliphatic heterocycles. The van der Waals surface area contributed by atoms with Gasteiger partial charge < -0.3 is 4.74 Å². The van der Waals surface area contributed by atoms with Gasteiger partial charge in [-0.2, -0.15) is 5.26 Å². The van der Waals surface area contributed by atoms with Crippen molar-refractivity contribution < 1.29 is 9.53 Å². The normalized spacial score (nSPS) is 9.83. The Morgan fingerprint density at radius 1 is 1.50 bits per heavy atom. The highest BCUT2D eigenvalue weighted by Gasteiger charge is 2.12. The molecular weight excluding hydrogens is 250 g/mol. The lowest BCUT2D eigenvalue weighted by Gasteiger charge is -2.09. The second-order valence-electron chi connectivity index (χ2n) is 3.84. The van der Waals surface area contributed by atoms with Gasteiger partial charge in [0.05, 0.1) is 24.7 Å². The number of alkyl halides is 1. The van der Waals surface area contributed by atoms with Gasteiger partial charge in [-0.15, -0.1) is 11.6 Å². The molecular formula is C14H16ClNO2. The summed E-state index contributed by atoms with van der Waals surface area (Å²) < 4.78 is 5.01. The predicted octanol–water partition coefficient (Wildman–Crippen LogP) is 3.10. The molecule has 3 nitrogen and oxygen atoms in total. The van der Waals surface area contributed by atoms with E-state index in [2.05, 4.69) is 6.07 Å². The summed E-state index contributed by atoms with van der Waals surface area (Å²) in [6, 6.07) is 7.51. The van der Waals surface area contributed by atoms with Gasteiger partial charge in [-0.1, -0.05) is 12.1 Å². The maximum atomic E-state index is 11.8. The maximum absolute atomic E-state index is 11.8. The molecule has 0 radical (unpaired) electrons. The Hall–Kier alpha value is -1.53. The van der Waals surface area contributed by atoms with Gasteiger partial charge in [0, 0.05) is 5.88 Å². The van der Waals surface area contributed by atoms with Crippen LogP contribution < -0.4 is 0 Å². The minimum atomic E-state index is -0.314. The molecule has 96 valence electrons. The van der Waals surface area contributed by atoms with Gasteiger partial charge >= 0.3 is 5.97 Å². The van der Waals surface area contributed by atoms with Gasteiger partial charge in [-0.3, -0.25) is 0 Å². The van der Waals surface area contributed by atoms with E-state index in [0.29, 0.717) is 24.5 Å². The van der Waals surface area contributed by atoms with Crippen LogP contribution in [-0.4, -0.2) is 18.5 Å². The molecule has 0 amide bonds. The molecule has 0 fully saturated rings. The molecule has 0 aliphatic carbocycles. The van der Waals surface area contributed by atoms with E-state index in [9.17, 15) is 4.79 Å². The molecule has 0 aromatic heterocycles. The number of nitriles is 1. The summed E-state index contributed by atoms with van der Waals surface area (Å²) in [5, 5.41) is 8.69. The van der Waals surface area contributed by atoms with Crippen LogP contribution >= 0.6 is 11.6 Å². The van der Waals surface area contributed by atoms with Gasteiger partial charge in [-0.25, -0.2) is 4.79 Å². The molecule has 18 heavy (non-hydrogen) atoms. The average Bonchev–Trinajstić information content (AvgIpc) is 2.37. The first kappa shape index (κ1) is 14.5. The zero-order valence-corrected chi connectivity index (χ0v) is 11.2. The van der Waals surface area contributed by atoms with Gasteiger partial charge in [0.2, 0.25) is 0 Å². The third kappa shape index (κ3) is 4.05. The van der Waals surface area contributed by atoms with Crippen molar-refractivity contribution in [2.24, 2.45) is 0 Å². The summed E-state index contributed by atoms with van der Waals surface area (Å²) >= 11 is 5.68. The Kier molecular flexibility index (Phi) is 6.24. The highest BCUT2D eigenvalue weighted by Crippen LogP contribution is 2.16. The molecule has 0 aliphatic rings. The van der Waals surface area contributed by atoms with Crippen LogP contribution in [0.25, 0.3) is 0 Å². The van der Waals surface area contributed by atoms with Crippen molar-refractivity contribution in [1.29, 1.82) is 5.26 Å². The third-order valence-electron chi connectivity index (χ3n) is 2.53. The van der Waals surface area contributed by atoms with Crippen molar-refractivity contribution in [2.75, 3.05) is 12.5 Å². The van der Waals surface area contributed by atoms with E-state index in [-0.39, 0.29) is 5.97 Å². The van der Waals surface area contributed by atoms with Gasteiger partial charge in [0.15, 0.2) is 0 Å².